The number of amides is 1. The van der Waals surface area contributed by atoms with Crippen LogP contribution in [0.25, 0.3) is 11.1 Å². The summed E-state index contributed by atoms with van der Waals surface area (Å²) in [6.07, 6.45) is 0.0138. The van der Waals surface area contributed by atoms with Crippen LogP contribution in [0.1, 0.15) is 20.3 Å². The van der Waals surface area contributed by atoms with Crippen molar-refractivity contribution >= 4 is 26.0 Å². The van der Waals surface area contributed by atoms with Gasteiger partial charge in [0.05, 0.1) is 17.3 Å². The van der Waals surface area contributed by atoms with Gasteiger partial charge in [0.2, 0.25) is 10.0 Å². The summed E-state index contributed by atoms with van der Waals surface area (Å²) >= 11 is 0. The molecule has 32 heavy (non-hydrogen) atoms. The molecule has 0 aliphatic rings. The smallest absolute Gasteiger partial charge is 0.265 e. The minimum atomic E-state index is -4.35. The van der Waals surface area contributed by atoms with Crippen molar-refractivity contribution in [1.29, 1.82) is 0 Å². The van der Waals surface area contributed by atoms with Gasteiger partial charge >= 0.3 is 0 Å². The molecule has 0 heterocycles. The SMILES string of the molecule is CC(C)ON([C@H](CCNS(C)(=O)=O)C(=O)NO)S(=O)(=O)c1ccc(-c2ccccc2)cc1. The third kappa shape index (κ3) is 7.08. The molecule has 0 radical (unpaired) electrons. The van der Waals surface area contributed by atoms with Gasteiger partial charge in [0.15, 0.2) is 0 Å². The van der Waals surface area contributed by atoms with Crippen molar-refractivity contribution in [3.63, 3.8) is 0 Å². The lowest BCUT2D eigenvalue weighted by Gasteiger charge is -2.30. The first-order valence-corrected chi connectivity index (χ1v) is 13.0. The first-order chi connectivity index (χ1) is 15.0. The molecule has 0 spiro atoms. The lowest BCUT2D eigenvalue weighted by Crippen LogP contribution is -2.51. The Morgan fingerprint density at radius 2 is 1.56 bits per heavy atom. The number of sulfonamides is 2. The molecule has 176 valence electrons. The molecule has 10 nitrogen and oxygen atoms in total. The van der Waals surface area contributed by atoms with Crippen molar-refractivity contribution in [2.75, 3.05) is 12.8 Å². The largest absolute Gasteiger partial charge is 0.289 e. The van der Waals surface area contributed by atoms with E-state index in [1.54, 1.807) is 26.0 Å². The zero-order valence-corrected chi connectivity index (χ0v) is 19.6. The number of benzene rings is 2. The van der Waals surface area contributed by atoms with Crippen LogP contribution in [-0.2, 0) is 29.7 Å². The maximum absolute atomic E-state index is 13.3. The molecule has 1 amide bonds. The minimum Gasteiger partial charge on any atom is -0.289 e. The summed E-state index contributed by atoms with van der Waals surface area (Å²) < 4.78 is 52.1. The van der Waals surface area contributed by atoms with Crippen LogP contribution in [0.3, 0.4) is 0 Å². The Morgan fingerprint density at radius 3 is 2.06 bits per heavy atom. The van der Waals surface area contributed by atoms with E-state index in [0.29, 0.717) is 4.47 Å². The number of hydroxylamine groups is 2. The second kappa shape index (κ2) is 11.0. The Kier molecular flexibility index (Phi) is 8.89. The Morgan fingerprint density at radius 1 is 1.00 bits per heavy atom. The lowest BCUT2D eigenvalue weighted by molar-refractivity contribution is -0.166. The van der Waals surface area contributed by atoms with E-state index < -0.39 is 38.1 Å². The van der Waals surface area contributed by atoms with Crippen molar-refractivity contribution in [1.82, 2.24) is 14.7 Å². The molecule has 3 N–H and O–H groups in total. The highest BCUT2D eigenvalue weighted by Gasteiger charge is 2.38. The molecule has 12 heteroatoms. The van der Waals surface area contributed by atoms with Crippen LogP contribution in [-0.4, -0.2) is 57.4 Å². The molecule has 0 aliphatic heterocycles. The van der Waals surface area contributed by atoms with E-state index in [4.69, 9.17) is 10.0 Å². The molecule has 2 aromatic rings. The van der Waals surface area contributed by atoms with Gasteiger partial charge in [-0.2, -0.15) is 0 Å². The summed E-state index contributed by atoms with van der Waals surface area (Å²) in [6, 6.07) is 13.9. The molecule has 2 aromatic carbocycles. The molecule has 1 atom stereocenters. The molecular formula is C20H27N3O7S2. The van der Waals surface area contributed by atoms with Gasteiger partial charge in [-0.15, -0.1) is 0 Å². The van der Waals surface area contributed by atoms with Gasteiger partial charge in [-0.25, -0.2) is 27.0 Å². The molecule has 2 rings (SSSR count). The molecule has 0 bridgehead atoms. The van der Waals surface area contributed by atoms with Gasteiger partial charge in [0.25, 0.3) is 15.9 Å². The number of hydrogen-bond acceptors (Lipinski definition) is 7. The molecule has 0 unspecified atom stereocenters. The Bertz CT molecular complexity index is 1100. The van der Waals surface area contributed by atoms with Gasteiger partial charge in [0.1, 0.15) is 6.04 Å². The minimum absolute atomic E-state index is 0.135. The number of nitrogens with one attached hydrogen (secondary N) is 2. The summed E-state index contributed by atoms with van der Waals surface area (Å²) in [5.74, 6) is -1.06. The molecule has 0 saturated carbocycles. The van der Waals surface area contributed by atoms with E-state index in [1.807, 2.05) is 30.3 Å². The highest BCUT2D eigenvalue weighted by Crippen LogP contribution is 2.25. The second-order valence-corrected chi connectivity index (χ2v) is 10.9. The van der Waals surface area contributed by atoms with Crippen molar-refractivity contribution < 1.29 is 31.7 Å². The predicted octanol–water partition coefficient (Wildman–Crippen LogP) is 1.50. The van der Waals surface area contributed by atoms with Crippen molar-refractivity contribution in [2.45, 2.75) is 37.3 Å². The number of hydrogen-bond donors (Lipinski definition) is 3. The van der Waals surface area contributed by atoms with E-state index in [2.05, 4.69) is 4.72 Å². The van der Waals surface area contributed by atoms with E-state index in [9.17, 15) is 21.6 Å². The zero-order valence-electron chi connectivity index (χ0n) is 17.9. The summed E-state index contributed by atoms with van der Waals surface area (Å²) in [5, 5.41) is 9.13. The topological polar surface area (TPSA) is 142 Å². The Labute approximate surface area is 188 Å². The van der Waals surface area contributed by atoms with Crippen LogP contribution >= 0.6 is 0 Å². The van der Waals surface area contributed by atoms with Gasteiger partial charge in [0, 0.05) is 6.54 Å². The fourth-order valence-electron chi connectivity index (χ4n) is 2.85. The average molecular weight is 486 g/mol. The highest BCUT2D eigenvalue weighted by atomic mass is 32.2. The molecular weight excluding hydrogens is 458 g/mol. The summed E-state index contributed by atoms with van der Waals surface area (Å²) in [6.45, 7) is 2.89. The van der Waals surface area contributed by atoms with Crippen LogP contribution in [0.5, 0.6) is 0 Å². The van der Waals surface area contributed by atoms with E-state index >= 15 is 0 Å². The first kappa shape index (κ1) is 25.9. The van der Waals surface area contributed by atoms with Crippen LogP contribution in [0.2, 0.25) is 0 Å². The molecule has 0 aliphatic carbocycles. The van der Waals surface area contributed by atoms with Gasteiger partial charge in [-0.1, -0.05) is 46.9 Å². The summed E-state index contributed by atoms with van der Waals surface area (Å²) in [4.78, 5) is 17.6. The normalized spacial score (nSPS) is 13.3. The monoisotopic (exact) mass is 485 g/mol. The maximum atomic E-state index is 13.3. The van der Waals surface area contributed by atoms with Gasteiger partial charge in [-0.3, -0.25) is 14.8 Å². The van der Waals surface area contributed by atoms with E-state index in [1.165, 1.54) is 17.6 Å². The van der Waals surface area contributed by atoms with Crippen LogP contribution in [0.15, 0.2) is 59.5 Å². The predicted molar refractivity (Wildman–Crippen MR) is 118 cm³/mol. The fourth-order valence-corrected chi connectivity index (χ4v) is 4.85. The van der Waals surface area contributed by atoms with Crippen molar-refractivity contribution in [3.8, 4) is 11.1 Å². The number of carbonyl (C=O) groups excluding carboxylic acids is 1. The number of nitrogens with zero attached hydrogens (tertiary/aromatic N) is 1. The molecule has 0 fully saturated rings. The molecule has 0 aromatic heterocycles. The summed E-state index contributed by atoms with van der Waals surface area (Å²) in [5.41, 5.74) is 3.11. The first-order valence-electron chi connectivity index (χ1n) is 9.71. The molecule has 0 saturated heterocycles. The Balaban J connectivity index is 2.40. The standard InChI is InChI=1S/C20H27N3O7S2/c1-15(2)30-23(19(20(24)22-25)13-14-21-31(3,26)27)32(28,29)18-11-9-17(10-12-18)16-7-5-4-6-8-16/h4-12,15,19,21,25H,13-14H2,1-3H3,(H,22,24)/t19-/m1/s1. The quantitative estimate of drug-likeness (QED) is 0.323. The van der Waals surface area contributed by atoms with Crippen molar-refractivity contribution in [3.05, 3.63) is 54.6 Å². The highest BCUT2D eigenvalue weighted by molar-refractivity contribution is 7.89. The Hall–Kier alpha value is -2.35. The average Bonchev–Trinajstić information content (AvgIpc) is 2.74. The fraction of sp³-hybridized carbons (Fsp3) is 0.350. The van der Waals surface area contributed by atoms with Crippen LogP contribution < -0.4 is 10.2 Å². The number of carbonyl (C=O) groups is 1. The number of rotatable bonds is 11. The second-order valence-electron chi connectivity index (χ2n) is 7.25. The van der Waals surface area contributed by atoms with Crippen LogP contribution in [0, 0.1) is 0 Å². The van der Waals surface area contributed by atoms with Gasteiger partial charge in [-0.05, 0) is 43.5 Å². The van der Waals surface area contributed by atoms with Crippen LogP contribution in [0.4, 0.5) is 0 Å². The third-order valence-electron chi connectivity index (χ3n) is 4.26. The maximum Gasteiger partial charge on any atom is 0.265 e. The van der Waals surface area contributed by atoms with Gasteiger partial charge < -0.3 is 0 Å². The zero-order chi connectivity index (χ0) is 23.9. The van der Waals surface area contributed by atoms with E-state index in [0.717, 1.165) is 17.4 Å². The lowest BCUT2D eigenvalue weighted by atomic mass is 10.1. The summed E-state index contributed by atoms with van der Waals surface area (Å²) in [7, 11) is -7.93. The van der Waals surface area contributed by atoms with E-state index in [-0.39, 0.29) is 17.9 Å². The van der Waals surface area contributed by atoms with Crippen molar-refractivity contribution in [2.24, 2.45) is 0 Å². The third-order valence-corrected chi connectivity index (χ3v) is 6.67.